The Kier molecular flexibility index (Phi) is 9.00. The smallest absolute Gasteiger partial charge is 0.306 e. The van der Waals surface area contributed by atoms with E-state index in [-0.39, 0.29) is 10.9 Å². The maximum Gasteiger partial charge on any atom is 0.306 e. The van der Waals surface area contributed by atoms with E-state index in [0.717, 1.165) is 24.8 Å². The summed E-state index contributed by atoms with van der Waals surface area (Å²) in [7, 11) is -3.70. The standard InChI is InChI=1S/C18H29NO4S/c1-3-4-5-6-7-8-9-10-18(20)23-15(2)16-11-13-17(14-12-16)24(19,21)22/h11-15H,3-10H2,1-2H3,(H2,19,21,22). The summed E-state index contributed by atoms with van der Waals surface area (Å²) >= 11 is 0. The lowest BCUT2D eigenvalue weighted by molar-refractivity contribution is -0.148. The van der Waals surface area contributed by atoms with Gasteiger partial charge in [-0.05, 0) is 31.0 Å². The zero-order chi connectivity index (χ0) is 18.0. The Morgan fingerprint density at radius 2 is 1.58 bits per heavy atom. The van der Waals surface area contributed by atoms with Gasteiger partial charge in [-0.1, -0.05) is 57.6 Å². The molecule has 1 aromatic carbocycles. The first-order valence-corrected chi connectivity index (χ1v) is 10.2. The van der Waals surface area contributed by atoms with Gasteiger partial charge in [0, 0.05) is 6.42 Å². The summed E-state index contributed by atoms with van der Waals surface area (Å²) in [5.74, 6) is -0.216. The van der Waals surface area contributed by atoms with Crippen molar-refractivity contribution in [2.75, 3.05) is 0 Å². The van der Waals surface area contributed by atoms with Gasteiger partial charge in [-0.3, -0.25) is 4.79 Å². The fourth-order valence-electron chi connectivity index (χ4n) is 2.48. The van der Waals surface area contributed by atoms with Gasteiger partial charge in [-0.2, -0.15) is 0 Å². The van der Waals surface area contributed by atoms with Gasteiger partial charge in [-0.15, -0.1) is 0 Å². The van der Waals surface area contributed by atoms with Crippen LogP contribution in [0.2, 0.25) is 0 Å². The number of primary sulfonamides is 1. The van der Waals surface area contributed by atoms with Gasteiger partial charge in [0.15, 0.2) is 0 Å². The second-order valence-corrected chi connectivity index (χ2v) is 7.68. The highest BCUT2D eigenvalue weighted by Crippen LogP contribution is 2.20. The van der Waals surface area contributed by atoms with Crippen molar-refractivity contribution in [1.29, 1.82) is 0 Å². The summed E-state index contributed by atoms with van der Waals surface area (Å²) in [6.07, 6.45) is 8.11. The van der Waals surface area contributed by atoms with Crippen LogP contribution in [0.4, 0.5) is 0 Å². The number of benzene rings is 1. The third-order valence-corrected chi connectivity index (χ3v) is 4.90. The van der Waals surface area contributed by atoms with Crippen LogP contribution in [0.1, 0.15) is 76.9 Å². The predicted molar refractivity (Wildman–Crippen MR) is 94.9 cm³/mol. The summed E-state index contributed by atoms with van der Waals surface area (Å²) < 4.78 is 27.8. The van der Waals surface area contributed by atoms with Gasteiger partial charge < -0.3 is 4.74 Å². The van der Waals surface area contributed by atoms with Gasteiger partial charge in [-0.25, -0.2) is 13.6 Å². The molecule has 2 N–H and O–H groups in total. The van der Waals surface area contributed by atoms with Crippen molar-refractivity contribution in [2.45, 2.75) is 76.2 Å². The van der Waals surface area contributed by atoms with Gasteiger partial charge in [0.2, 0.25) is 10.0 Å². The van der Waals surface area contributed by atoms with E-state index in [1.165, 1.54) is 37.8 Å². The molecule has 0 amide bonds. The van der Waals surface area contributed by atoms with Crippen LogP contribution in [0.25, 0.3) is 0 Å². The first-order valence-electron chi connectivity index (χ1n) is 8.67. The second-order valence-electron chi connectivity index (χ2n) is 6.12. The highest BCUT2D eigenvalue weighted by Gasteiger charge is 2.13. The molecule has 1 aromatic rings. The molecule has 1 rings (SSSR count). The number of unbranched alkanes of at least 4 members (excludes halogenated alkanes) is 6. The van der Waals surface area contributed by atoms with Crippen molar-refractivity contribution in [3.05, 3.63) is 29.8 Å². The number of nitrogens with two attached hydrogens (primary N) is 1. The summed E-state index contributed by atoms with van der Waals surface area (Å²) in [5, 5.41) is 5.06. The van der Waals surface area contributed by atoms with Crippen LogP contribution in [-0.2, 0) is 19.6 Å². The molecule has 5 nitrogen and oxygen atoms in total. The molecule has 0 saturated carbocycles. The van der Waals surface area contributed by atoms with Gasteiger partial charge in [0.05, 0.1) is 4.90 Å². The van der Waals surface area contributed by atoms with E-state index in [1.54, 1.807) is 19.1 Å². The number of carbonyl (C=O) groups excluding carboxylic acids is 1. The SMILES string of the molecule is CCCCCCCCCC(=O)OC(C)c1ccc(S(N)(=O)=O)cc1. The molecule has 0 aliphatic rings. The number of sulfonamides is 1. The maximum atomic E-state index is 11.9. The average Bonchev–Trinajstić information content (AvgIpc) is 2.53. The number of carbonyl (C=O) groups is 1. The first kappa shape index (κ1) is 20.6. The Labute approximate surface area is 145 Å². The molecule has 0 aliphatic carbocycles. The minimum Gasteiger partial charge on any atom is -0.458 e. The Bertz CT molecular complexity index is 596. The fraction of sp³-hybridized carbons (Fsp3) is 0.611. The number of ether oxygens (including phenoxy) is 1. The lowest BCUT2D eigenvalue weighted by Gasteiger charge is -2.14. The summed E-state index contributed by atoms with van der Waals surface area (Å²) in [6, 6.07) is 6.08. The fourth-order valence-corrected chi connectivity index (χ4v) is 2.99. The van der Waals surface area contributed by atoms with Gasteiger partial charge in [0.1, 0.15) is 6.10 Å². The average molecular weight is 356 g/mol. The zero-order valence-electron chi connectivity index (χ0n) is 14.7. The van der Waals surface area contributed by atoms with Crippen LogP contribution in [0.3, 0.4) is 0 Å². The molecule has 0 heterocycles. The van der Waals surface area contributed by atoms with Gasteiger partial charge >= 0.3 is 5.97 Å². The van der Waals surface area contributed by atoms with E-state index < -0.39 is 16.1 Å². The normalized spacial score (nSPS) is 12.8. The number of hydrogen-bond donors (Lipinski definition) is 1. The monoisotopic (exact) mass is 355 g/mol. The Balaban J connectivity index is 2.31. The third kappa shape index (κ3) is 7.93. The summed E-state index contributed by atoms with van der Waals surface area (Å²) in [6.45, 7) is 3.97. The second kappa shape index (κ2) is 10.5. The molecule has 0 bridgehead atoms. The van der Waals surface area contributed by atoms with Crippen LogP contribution in [0, 0.1) is 0 Å². The van der Waals surface area contributed by atoms with Crippen LogP contribution < -0.4 is 5.14 Å². The Morgan fingerprint density at radius 1 is 1.04 bits per heavy atom. The van der Waals surface area contributed by atoms with Crippen LogP contribution >= 0.6 is 0 Å². The molecule has 0 aromatic heterocycles. The quantitative estimate of drug-likeness (QED) is 0.478. The van der Waals surface area contributed by atoms with Crippen LogP contribution in [-0.4, -0.2) is 14.4 Å². The van der Waals surface area contributed by atoms with Crippen LogP contribution in [0.5, 0.6) is 0 Å². The molecule has 1 atom stereocenters. The molecular formula is C18H29NO4S. The van der Waals surface area contributed by atoms with E-state index in [0.29, 0.717) is 6.42 Å². The molecule has 24 heavy (non-hydrogen) atoms. The number of esters is 1. The highest BCUT2D eigenvalue weighted by atomic mass is 32.2. The van der Waals surface area contributed by atoms with Crippen molar-refractivity contribution in [3.63, 3.8) is 0 Å². The van der Waals surface area contributed by atoms with Crippen LogP contribution in [0.15, 0.2) is 29.2 Å². The van der Waals surface area contributed by atoms with Crippen molar-refractivity contribution in [2.24, 2.45) is 5.14 Å². The van der Waals surface area contributed by atoms with Crippen molar-refractivity contribution >= 4 is 16.0 Å². The maximum absolute atomic E-state index is 11.9. The molecule has 136 valence electrons. The molecule has 1 unspecified atom stereocenters. The van der Waals surface area contributed by atoms with Crippen molar-refractivity contribution < 1.29 is 17.9 Å². The zero-order valence-corrected chi connectivity index (χ0v) is 15.5. The minimum atomic E-state index is -3.70. The molecule has 0 saturated heterocycles. The van der Waals surface area contributed by atoms with Crippen molar-refractivity contribution in [3.8, 4) is 0 Å². The minimum absolute atomic E-state index is 0.0489. The van der Waals surface area contributed by atoms with E-state index in [4.69, 9.17) is 9.88 Å². The lowest BCUT2D eigenvalue weighted by atomic mass is 10.1. The summed E-state index contributed by atoms with van der Waals surface area (Å²) in [5.41, 5.74) is 0.746. The van der Waals surface area contributed by atoms with E-state index >= 15 is 0 Å². The largest absolute Gasteiger partial charge is 0.458 e. The first-order chi connectivity index (χ1) is 11.3. The number of hydrogen-bond acceptors (Lipinski definition) is 4. The molecule has 0 radical (unpaired) electrons. The molecule has 0 fully saturated rings. The predicted octanol–water partition coefficient (Wildman–Crippen LogP) is 4.08. The van der Waals surface area contributed by atoms with E-state index in [1.807, 2.05) is 0 Å². The van der Waals surface area contributed by atoms with Crippen molar-refractivity contribution in [1.82, 2.24) is 0 Å². The molecule has 0 spiro atoms. The number of rotatable bonds is 11. The highest BCUT2D eigenvalue weighted by molar-refractivity contribution is 7.89. The van der Waals surface area contributed by atoms with Gasteiger partial charge in [0.25, 0.3) is 0 Å². The lowest BCUT2D eigenvalue weighted by Crippen LogP contribution is -2.12. The molecular weight excluding hydrogens is 326 g/mol. The Morgan fingerprint density at radius 3 is 2.12 bits per heavy atom. The topological polar surface area (TPSA) is 86.5 Å². The molecule has 6 heteroatoms. The van der Waals surface area contributed by atoms with E-state index in [2.05, 4.69) is 6.92 Å². The van der Waals surface area contributed by atoms with E-state index in [9.17, 15) is 13.2 Å². The Hall–Kier alpha value is -1.40. The molecule has 0 aliphatic heterocycles. The summed E-state index contributed by atoms with van der Waals surface area (Å²) in [4.78, 5) is 11.9. The third-order valence-electron chi connectivity index (χ3n) is 3.97.